The van der Waals surface area contributed by atoms with Crippen LogP contribution in [-0.2, 0) is 0 Å². The van der Waals surface area contributed by atoms with E-state index in [1.165, 1.54) is 6.07 Å². The molecule has 0 spiro atoms. The van der Waals surface area contributed by atoms with Gasteiger partial charge in [0.25, 0.3) is 5.56 Å². The van der Waals surface area contributed by atoms with Gasteiger partial charge in [-0.25, -0.2) is 9.37 Å². The van der Waals surface area contributed by atoms with Gasteiger partial charge >= 0.3 is 0 Å². The molecule has 0 fully saturated rings. The van der Waals surface area contributed by atoms with Crippen molar-refractivity contribution in [2.45, 2.75) is 6.92 Å². The average molecular weight is 365 g/mol. The van der Waals surface area contributed by atoms with Gasteiger partial charge in [0, 0.05) is 5.56 Å². The van der Waals surface area contributed by atoms with Crippen molar-refractivity contribution in [1.82, 2.24) is 9.97 Å². The van der Waals surface area contributed by atoms with Gasteiger partial charge in [-0.15, -0.1) is 0 Å². The van der Waals surface area contributed by atoms with Crippen molar-refractivity contribution in [3.63, 3.8) is 0 Å². The average Bonchev–Trinajstić information content (AvgIpc) is 2.65. The minimum atomic E-state index is -0.253. The SMILES string of the molecule is Cc1ccc(-c2cccc(-c3nc4c(Cl)cccc4c(=O)[nH]3)c2)cc1F. The standard InChI is InChI=1S/C21H14ClFN2O/c1-12-8-9-14(11-18(12)23)13-4-2-5-15(10-13)20-24-19-16(21(26)25-20)6-3-7-17(19)22/h2-11H,1H3,(H,24,25,26). The van der Waals surface area contributed by atoms with Gasteiger partial charge < -0.3 is 4.98 Å². The number of hydrogen-bond donors (Lipinski definition) is 1. The molecule has 0 aliphatic carbocycles. The number of nitrogens with one attached hydrogen (secondary N) is 1. The lowest BCUT2D eigenvalue weighted by atomic mass is 10.0. The number of aromatic amines is 1. The van der Waals surface area contributed by atoms with Crippen LogP contribution in [0.25, 0.3) is 33.4 Å². The number of rotatable bonds is 2. The fourth-order valence-corrected chi connectivity index (χ4v) is 3.10. The van der Waals surface area contributed by atoms with Crippen LogP contribution >= 0.6 is 11.6 Å². The third-order valence-corrected chi connectivity index (χ3v) is 4.63. The Labute approximate surface area is 154 Å². The first-order valence-electron chi connectivity index (χ1n) is 8.08. The number of aryl methyl sites for hydroxylation is 1. The van der Waals surface area contributed by atoms with Crippen molar-refractivity contribution >= 4 is 22.5 Å². The molecule has 1 aromatic heterocycles. The maximum absolute atomic E-state index is 13.9. The van der Waals surface area contributed by atoms with E-state index in [4.69, 9.17) is 11.6 Å². The summed E-state index contributed by atoms with van der Waals surface area (Å²) in [6, 6.07) is 17.7. The first-order chi connectivity index (χ1) is 12.5. The molecule has 0 saturated carbocycles. The minimum absolute atomic E-state index is 0.251. The number of H-pyrrole nitrogens is 1. The zero-order valence-corrected chi connectivity index (χ0v) is 14.6. The molecule has 0 aliphatic heterocycles. The second-order valence-electron chi connectivity index (χ2n) is 6.10. The number of hydrogen-bond acceptors (Lipinski definition) is 2. The molecule has 0 aliphatic rings. The van der Waals surface area contributed by atoms with Crippen LogP contribution in [0.3, 0.4) is 0 Å². The van der Waals surface area contributed by atoms with Crippen molar-refractivity contribution in [2.75, 3.05) is 0 Å². The van der Waals surface area contributed by atoms with E-state index in [0.29, 0.717) is 27.3 Å². The highest BCUT2D eigenvalue weighted by Crippen LogP contribution is 2.27. The molecule has 0 radical (unpaired) electrons. The molecule has 0 saturated heterocycles. The van der Waals surface area contributed by atoms with Crippen LogP contribution in [-0.4, -0.2) is 9.97 Å². The van der Waals surface area contributed by atoms with Crippen LogP contribution in [0.15, 0.2) is 65.5 Å². The van der Waals surface area contributed by atoms with E-state index in [1.807, 2.05) is 30.3 Å². The summed E-state index contributed by atoms with van der Waals surface area (Å²) < 4.78 is 13.9. The number of aromatic nitrogens is 2. The summed E-state index contributed by atoms with van der Waals surface area (Å²) in [6.45, 7) is 1.73. The van der Waals surface area contributed by atoms with Crippen molar-refractivity contribution < 1.29 is 4.39 Å². The largest absolute Gasteiger partial charge is 0.306 e. The molecule has 4 aromatic rings. The van der Waals surface area contributed by atoms with Crippen LogP contribution in [0.1, 0.15) is 5.56 Å². The third-order valence-electron chi connectivity index (χ3n) is 4.33. The van der Waals surface area contributed by atoms with Gasteiger partial charge in [0.05, 0.1) is 15.9 Å². The third kappa shape index (κ3) is 2.89. The smallest absolute Gasteiger partial charge is 0.259 e. The lowest BCUT2D eigenvalue weighted by molar-refractivity contribution is 0.619. The van der Waals surface area contributed by atoms with Crippen molar-refractivity contribution in [3.05, 3.63) is 87.4 Å². The lowest BCUT2D eigenvalue weighted by Crippen LogP contribution is -2.09. The molecule has 0 bridgehead atoms. The van der Waals surface area contributed by atoms with Gasteiger partial charge in [-0.05, 0) is 47.9 Å². The van der Waals surface area contributed by atoms with Crippen LogP contribution in [0.2, 0.25) is 5.02 Å². The molecule has 3 nitrogen and oxygen atoms in total. The Kier molecular flexibility index (Phi) is 4.05. The zero-order valence-electron chi connectivity index (χ0n) is 13.9. The van der Waals surface area contributed by atoms with E-state index < -0.39 is 0 Å². The Morgan fingerprint density at radius 1 is 0.962 bits per heavy atom. The molecule has 1 N–H and O–H groups in total. The fraction of sp³-hybridized carbons (Fsp3) is 0.0476. The summed E-state index contributed by atoms with van der Waals surface area (Å²) in [6.07, 6.45) is 0. The van der Waals surface area contributed by atoms with Gasteiger partial charge in [-0.3, -0.25) is 4.79 Å². The maximum atomic E-state index is 13.9. The second kappa shape index (κ2) is 6.39. The maximum Gasteiger partial charge on any atom is 0.259 e. The highest BCUT2D eigenvalue weighted by atomic mass is 35.5. The summed E-state index contributed by atoms with van der Waals surface area (Å²) >= 11 is 6.19. The van der Waals surface area contributed by atoms with E-state index in [1.54, 1.807) is 31.2 Å². The Morgan fingerprint density at radius 2 is 1.69 bits per heavy atom. The molecular weight excluding hydrogens is 351 g/mol. The molecular formula is C21H14ClFN2O. The monoisotopic (exact) mass is 364 g/mol. The van der Waals surface area contributed by atoms with E-state index in [9.17, 15) is 9.18 Å². The van der Waals surface area contributed by atoms with Crippen molar-refractivity contribution in [3.8, 4) is 22.5 Å². The minimum Gasteiger partial charge on any atom is -0.306 e. The molecule has 5 heteroatoms. The number of halogens is 2. The van der Waals surface area contributed by atoms with Crippen LogP contribution < -0.4 is 5.56 Å². The topological polar surface area (TPSA) is 45.8 Å². The lowest BCUT2D eigenvalue weighted by Gasteiger charge is -2.08. The Morgan fingerprint density at radius 3 is 2.50 bits per heavy atom. The van der Waals surface area contributed by atoms with Gasteiger partial charge in [0.2, 0.25) is 0 Å². The van der Waals surface area contributed by atoms with Gasteiger partial charge in [0.1, 0.15) is 11.6 Å². The Bertz CT molecular complexity index is 1200. The quantitative estimate of drug-likeness (QED) is 0.520. The predicted octanol–water partition coefficient (Wildman–Crippen LogP) is 5.36. The summed E-state index contributed by atoms with van der Waals surface area (Å²) in [5.74, 6) is 0.168. The van der Waals surface area contributed by atoms with Gasteiger partial charge in [-0.2, -0.15) is 0 Å². The van der Waals surface area contributed by atoms with E-state index >= 15 is 0 Å². The molecule has 128 valence electrons. The molecule has 0 unspecified atom stereocenters. The second-order valence-corrected chi connectivity index (χ2v) is 6.50. The van der Waals surface area contributed by atoms with Gasteiger partial charge in [0.15, 0.2) is 0 Å². The number of nitrogens with zero attached hydrogens (tertiary/aromatic N) is 1. The van der Waals surface area contributed by atoms with E-state index in [-0.39, 0.29) is 11.4 Å². The zero-order chi connectivity index (χ0) is 18.3. The van der Waals surface area contributed by atoms with E-state index in [0.717, 1.165) is 16.7 Å². The van der Waals surface area contributed by atoms with Crippen LogP contribution in [0, 0.1) is 12.7 Å². The summed E-state index contributed by atoms with van der Waals surface area (Å²) in [7, 11) is 0. The highest BCUT2D eigenvalue weighted by Gasteiger charge is 2.10. The molecule has 1 heterocycles. The molecule has 26 heavy (non-hydrogen) atoms. The number of fused-ring (bicyclic) bond motifs is 1. The molecule has 4 rings (SSSR count). The normalized spacial score (nSPS) is 11.0. The Hall–Kier alpha value is -2.98. The summed E-state index contributed by atoms with van der Waals surface area (Å²) in [5, 5.41) is 0.865. The predicted molar refractivity (Wildman–Crippen MR) is 103 cm³/mol. The Balaban J connectivity index is 1.87. The highest BCUT2D eigenvalue weighted by molar-refractivity contribution is 6.35. The van der Waals surface area contributed by atoms with Crippen molar-refractivity contribution in [1.29, 1.82) is 0 Å². The fourth-order valence-electron chi connectivity index (χ4n) is 2.88. The van der Waals surface area contributed by atoms with E-state index in [2.05, 4.69) is 9.97 Å². The molecule has 0 amide bonds. The summed E-state index contributed by atoms with van der Waals surface area (Å²) in [5.41, 5.74) is 3.13. The number of para-hydroxylation sites is 1. The van der Waals surface area contributed by atoms with Crippen LogP contribution in [0.4, 0.5) is 4.39 Å². The van der Waals surface area contributed by atoms with Crippen LogP contribution in [0.5, 0.6) is 0 Å². The number of benzene rings is 3. The first-order valence-corrected chi connectivity index (χ1v) is 8.46. The van der Waals surface area contributed by atoms with Gasteiger partial charge in [-0.1, -0.05) is 48.0 Å². The molecule has 3 aromatic carbocycles. The molecule has 0 atom stereocenters. The summed E-state index contributed by atoms with van der Waals surface area (Å²) in [4.78, 5) is 19.7. The first kappa shape index (κ1) is 16.5. The van der Waals surface area contributed by atoms with Crippen molar-refractivity contribution in [2.24, 2.45) is 0 Å².